The van der Waals surface area contributed by atoms with Crippen LogP contribution in [-0.2, 0) is 11.8 Å². The molecule has 132 valence electrons. The van der Waals surface area contributed by atoms with Gasteiger partial charge in [-0.2, -0.15) is 11.3 Å². The van der Waals surface area contributed by atoms with Crippen LogP contribution in [0.3, 0.4) is 0 Å². The predicted octanol–water partition coefficient (Wildman–Crippen LogP) is 1.65. The number of likely N-dealkylation sites (N-methyl/N-ethyl adjacent to an activating group) is 1. The number of carbonyl (C=O) groups excluding carboxylic acids is 2. The second kappa shape index (κ2) is 6.00. The standard InChI is InChI=1S/C18H22N4O2S/c1-19-7-3-4-15(19)17(24)21-8-6-18(12-21)13-22(14-5-9-25-11-14)16(23)10-20(18)2/h3-5,7,9,11H,6,8,10,12-13H2,1-2H3/t18-/m1/s1. The fourth-order valence-corrected chi connectivity index (χ4v) is 4.56. The Kier molecular flexibility index (Phi) is 3.92. The minimum atomic E-state index is -0.170. The number of thiophene rings is 1. The molecule has 0 bridgehead atoms. The van der Waals surface area contributed by atoms with Crippen LogP contribution in [0.2, 0.25) is 0 Å². The molecule has 0 aromatic carbocycles. The van der Waals surface area contributed by atoms with Gasteiger partial charge in [-0.3, -0.25) is 14.5 Å². The molecule has 2 aromatic heterocycles. The largest absolute Gasteiger partial charge is 0.347 e. The molecule has 25 heavy (non-hydrogen) atoms. The van der Waals surface area contributed by atoms with E-state index in [0.717, 1.165) is 18.7 Å². The van der Waals surface area contributed by atoms with E-state index >= 15 is 0 Å². The number of aryl methyl sites for hydroxylation is 1. The molecule has 2 aliphatic heterocycles. The third-order valence-electron chi connectivity index (χ3n) is 5.54. The summed E-state index contributed by atoms with van der Waals surface area (Å²) < 4.78 is 1.86. The van der Waals surface area contributed by atoms with Crippen LogP contribution in [0.25, 0.3) is 0 Å². The molecule has 0 N–H and O–H groups in total. The number of hydrogen-bond acceptors (Lipinski definition) is 4. The first-order valence-corrected chi connectivity index (χ1v) is 9.39. The molecule has 2 aliphatic rings. The van der Waals surface area contributed by atoms with E-state index in [-0.39, 0.29) is 17.4 Å². The molecular formula is C18H22N4O2S. The van der Waals surface area contributed by atoms with E-state index in [9.17, 15) is 9.59 Å². The Balaban J connectivity index is 1.56. The van der Waals surface area contributed by atoms with E-state index in [1.165, 1.54) is 0 Å². The van der Waals surface area contributed by atoms with Gasteiger partial charge in [0.1, 0.15) is 5.69 Å². The van der Waals surface area contributed by atoms with E-state index in [4.69, 9.17) is 0 Å². The summed E-state index contributed by atoms with van der Waals surface area (Å²) in [7, 11) is 3.89. The van der Waals surface area contributed by atoms with E-state index in [1.54, 1.807) is 11.3 Å². The molecule has 4 rings (SSSR count). The van der Waals surface area contributed by atoms with Crippen molar-refractivity contribution in [3.05, 3.63) is 40.8 Å². The Labute approximate surface area is 151 Å². The van der Waals surface area contributed by atoms with Crippen molar-refractivity contribution in [3.63, 3.8) is 0 Å². The maximum absolute atomic E-state index is 12.8. The first kappa shape index (κ1) is 16.4. The molecule has 2 fully saturated rings. The maximum Gasteiger partial charge on any atom is 0.270 e. The summed E-state index contributed by atoms with van der Waals surface area (Å²) in [5, 5.41) is 4.01. The highest BCUT2D eigenvalue weighted by Gasteiger charge is 2.48. The molecule has 0 saturated carbocycles. The van der Waals surface area contributed by atoms with Crippen molar-refractivity contribution < 1.29 is 9.59 Å². The number of rotatable bonds is 2. The van der Waals surface area contributed by atoms with Gasteiger partial charge in [0.15, 0.2) is 0 Å². The summed E-state index contributed by atoms with van der Waals surface area (Å²) in [5.41, 5.74) is 1.51. The zero-order valence-electron chi connectivity index (χ0n) is 14.5. The highest BCUT2D eigenvalue weighted by molar-refractivity contribution is 7.08. The number of aromatic nitrogens is 1. The lowest BCUT2D eigenvalue weighted by molar-refractivity contribution is -0.123. The van der Waals surface area contributed by atoms with Crippen molar-refractivity contribution >= 4 is 28.8 Å². The molecule has 2 saturated heterocycles. The monoisotopic (exact) mass is 358 g/mol. The lowest BCUT2D eigenvalue weighted by atomic mass is 9.93. The van der Waals surface area contributed by atoms with Crippen LogP contribution in [0, 0.1) is 0 Å². The molecule has 7 heteroatoms. The number of amides is 2. The average molecular weight is 358 g/mol. The molecular weight excluding hydrogens is 336 g/mol. The predicted molar refractivity (Wildman–Crippen MR) is 98.0 cm³/mol. The summed E-state index contributed by atoms with van der Waals surface area (Å²) in [5.74, 6) is 0.190. The number of likely N-dealkylation sites (tertiary alicyclic amines) is 1. The van der Waals surface area contributed by atoms with Crippen LogP contribution in [-0.4, -0.2) is 64.9 Å². The highest BCUT2D eigenvalue weighted by Crippen LogP contribution is 2.34. The van der Waals surface area contributed by atoms with Crippen molar-refractivity contribution in [1.29, 1.82) is 0 Å². The molecule has 2 amide bonds. The van der Waals surface area contributed by atoms with Crippen LogP contribution in [0.15, 0.2) is 35.2 Å². The number of carbonyl (C=O) groups is 2. The zero-order chi connectivity index (χ0) is 17.6. The van der Waals surface area contributed by atoms with Gasteiger partial charge in [-0.15, -0.1) is 0 Å². The lowest BCUT2D eigenvalue weighted by Crippen LogP contribution is -2.64. The van der Waals surface area contributed by atoms with Crippen LogP contribution in [0.5, 0.6) is 0 Å². The van der Waals surface area contributed by atoms with Gasteiger partial charge in [0.25, 0.3) is 5.91 Å². The molecule has 6 nitrogen and oxygen atoms in total. The molecule has 0 radical (unpaired) electrons. The first-order chi connectivity index (χ1) is 12.0. The summed E-state index contributed by atoms with van der Waals surface area (Å²) in [6.45, 7) is 2.40. The Hall–Kier alpha value is -2.12. The van der Waals surface area contributed by atoms with Gasteiger partial charge in [-0.1, -0.05) is 0 Å². The van der Waals surface area contributed by atoms with Gasteiger partial charge in [-0.25, -0.2) is 0 Å². The minimum absolute atomic E-state index is 0.0664. The molecule has 1 spiro atoms. The molecule has 4 heterocycles. The third-order valence-corrected chi connectivity index (χ3v) is 6.21. The van der Waals surface area contributed by atoms with Crippen molar-refractivity contribution in [2.45, 2.75) is 12.0 Å². The Morgan fingerprint density at radius 3 is 2.76 bits per heavy atom. The SMILES string of the molecule is CN1CC(=O)N(c2ccsc2)C[C@]12CCN(C(=O)c1cccn1C)C2. The Morgan fingerprint density at radius 2 is 2.08 bits per heavy atom. The van der Waals surface area contributed by atoms with Crippen LogP contribution in [0.4, 0.5) is 5.69 Å². The Bertz CT molecular complexity index is 800. The molecule has 0 unspecified atom stereocenters. The van der Waals surface area contributed by atoms with Gasteiger partial charge < -0.3 is 14.4 Å². The van der Waals surface area contributed by atoms with E-state index in [2.05, 4.69) is 4.90 Å². The number of anilines is 1. The van der Waals surface area contributed by atoms with Crippen LogP contribution < -0.4 is 4.90 Å². The summed E-state index contributed by atoms with van der Waals surface area (Å²) in [6, 6.07) is 5.74. The number of hydrogen-bond donors (Lipinski definition) is 0. The van der Waals surface area contributed by atoms with Crippen molar-refractivity contribution in [2.24, 2.45) is 7.05 Å². The second-order valence-electron chi connectivity index (χ2n) is 7.02. The second-order valence-corrected chi connectivity index (χ2v) is 7.80. The van der Waals surface area contributed by atoms with Gasteiger partial charge in [-0.05, 0) is 37.0 Å². The minimum Gasteiger partial charge on any atom is -0.347 e. The topological polar surface area (TPSA) is 48.8 Å². The Morgan fingerprint density at radius 1 is 1.24 bits per heavy atom. The first-order valence-electron chi connectivity index (χ1n) is 8.45. The number of piperazine rings is 1. The smallest absolute Gasteiger partial charge is 0.270 e. The summed E-state index contributed by atoms with van der Waals surface area (Å²) >= 11 is 1.60. The van der Waals surface area contributed by atoms with Gasteiger partial charge in [0.2, 0.25) is 5.91 Å². The van der Waals surface area contributed by atoms with Crippen LogP contribution >= 0.6 is 11.3 Å². The normalized spacial score (nSPS) is 24.5. The molecule has 0 aliphatic carbocycles. The van der Waals surface area contributed by atoms with E-state index in [0.29, 0.717) is 25.3 Å². The van der Waals surface area contributed by atoms with E-state index < -0.39 is 0 Å². The highest BCUT2D eigenvalue weighted by atomic mass is 32.1. The van der Waals surface area contributed by atoms with Gasteiger partial charge in [0, 0.05) is 38.3 Å². The van der Waals surface area contributed by atoms with E-state index in [1.807, 2.05) is 63.6 Å². The summed E-state index contributed by atoms with van der Waals surface area (Å²) in [6.07, 6.45) is 2.77. The molecule has 2 aromatic rings. The quantitative estimate of drug-likeness (QED) is 0.820. The lowest BCUT2D eigenvalue weighted by Gasteiger charge is -2.46. The van der Waals surface area contributed by atoms with Crippen molar-refractivity contribution in [1.82, 2.24) is 14.4 Å². The van der Waals surface area contributed by atoms with Gasteiger partial charge >= 0.3 is 0 Å². The number of nitrogens with zero attached hydrogens (tertiary/aromatic N) is 4. The molecule has 1 atom stereocenters. The fourth-order valence-electron chi connectivity index (χ4n) is 3.92. The van der Waals surface area contributed by atoms with Crippen LogP contribution in [0.1, 0.15) is 16.9 Å². The average Bonchev–Trinajstić information content (AvgIpc) is 3.32. The maximum atomic E-state index is 12.8. The fraction of sp³-hybridized carbons (Fsp3) is 0.444. The zero-order valence-corrected chi connectivity index (χ0v) is 15.3. The van der Waals surface area contributed by atoms with Gasteiger partial charge in [0.05, 0.1) is 17.8 Å². The van der Waals surface area contributed by atoms with Crippen molar-refractivity contribution in [3.8, 4) is 0 Å². The van der Waals surface area contributed by atoms with Crippen molar-refractivity contribution in [2.75, 3.05) is 38.1 Å². The third kappa shape index (κ3) is 2.67. The summed E-state index contributed by atoms with van der Waals surface area (Å²) in [4.78, 5) is 31.3.